The van der Waals surface area contributed by atoms with E-state index in [0.29, 0.717) is 24.4 Å². The van der Waals surface area contributed by atoms with E-state index in [1.54, 1.807) is 6.07 Å². The van der Waals surface area contributed by atoms with Crippen molar-refractivity contribution >= 4 is 11.6 Å². The summed E-state index contributed by atoms with van der Waals surface area (Å²) in [5, 5.41) is 12.2. The van der Waals surface area contributed by atoms with E-state index in [1.807, 2.05) is 42.5 Å². The third-order valence-electron chi connectivity index (χ3n) is 4.92. The molecule has 0 bridgehead atoms. The molecule has 1 aliphatic rings. The van der Waals surface area contributed by atoms with Crippen LogP contribution in [0.3, 0.4) is 0 Å². The quantitative estimate of drug-likeness (QED) is 0.851. The van der Waals surface area contributed by atoms with Crippen molar-refractivity contribution in [2.45, 2.75) is 45.4 Å². The number of amides is 1. The molecule has 1 atom stereocenters. The SMILES string of the molecule is CCC(CC)NC(=O)C1CN(Cc2cccc(C#N)c2)c2ccccc2O1. The Kier molecular flexibility index (Phi) is 5.97. The molecular weight excluding hydrogens is 338 g/mol. The van der Waals surface area contributed by atoms with Gasteiger partial charge in [-0.05, 0) is 42.7 Å². The molecule has 0 saturated carbocycles. The Hall–Kier alpha value is -3.00. The number of nitrogens with one attached hydrogen (secondary N) is 1. The van der Waals surface area contributed by atoms with E-state index in [1.165, 1.54) is 0 Å². The van der Waals surface area contributed by atoms with Gasteiger partial charge in [-0.3, -0.25) is 4.79 Å². The van der Waals surface area contributed by atoms with Crippen molar-refractivity contribution in [2.75, 3.05) is 11.4 Å². The molecule has 0 fully saturated rings. The van der Waals surface area contributed by atoms with Gasteiger partial charge in [0.2, 0.25) is 0 Å². The van der Waals surface area contributed by atoms with Crippen LogP contribution >= 0.6 is 0 Å². The highest BCUT2D eigenvalue weighted by Gasteiger charge is 2.31. The van der Waals surface area contributed by atoms with Crippen molar-refractivity contribution in [1.29, 1.82) is 5.26 Å². The second kappa shape index (κ2) is 8.59. The van der Waals surface area contributed by atoms with Gasteiger partial charge in [-0.25, -0.2) is 0 Å². The number of rotatable bonds is 6. The summed E-state index contributed by atoms with van der Waals surface area (Å²) in [6.45, 7) is 5.23. The number of carbonyl (C=O) groups excluding carboxylic acids is 1. The minimum Gasteiger partial charge on any atom is -0.477 e. The lowest BCUT2D eigenvalue weighted by Gasteiger charge is -2.36. The molecule has 1 unspecified atom stereocenters. The van der Waals surface area contributed by atoms with E-state index in [0.717, 1.165) is 24.1 Å². The summed E-state index contributed by atoms with van der Waals surface area (Å²) in [5.41, 5.74) is 2.63. The molecule has 5 nitrogen and oxygen atoms in total. The highest BCUT2D eigenvalue weighted by atomic mass is 16.5. The molecule has 2 aromatic rings. The summed E-state index contributed by atoms with van der Waals surface area (Å²) >= 11 is 0. The molecule has 0 radical (unpaired) electrons. The van der Waals surface area contributed by atoms with Crippen molar-refractivity contribution in [3.05, 3.63) is 59.7 Å². The molecule has 0 aromatic heterocycles. The lowest BCUT2D eigenvalue weighted by atomic mass is 10.1. The van der Waals surface area contributed by atoms with Crippen molar-refractivity contribution in [3.63, 3.8) is 0 Å². The highest BCUT2D eigenvalue weighted by Crippen LogP contribution is 2.34. The van der Waals surface area contributed by atoms with Crippen molar-refractivity contribution < 1.29 is 9.53 Å². The number of ether oxygens (including phenoxy) is 1. The van der Waals surface area contributed by atoms with Crippen LogP contribution in [0.25, 0.3) is 0 Å². The van der Waals surface area contributed by atoms with Gasteiger partial charge in [-0.1, -0.05) is 38.1 Å². The first-order valence-corrected chi connectivity index (χ1v) is 9.44. The average Bonchev–Trinajstić information content (AvgIpc) is 2.71. The van der Waals surface area contributed by atoms with Crippen LogP contribution in [0.1, 0.15) is 37.8 Å². The van der Waals surface area contributed by atoms with Gasteiger partial charge >= 0.3 is 0 Å². The van der Waals surface area contributed by atoms with Gasteiger partial charge in [0.15, 0.2) is 6.10 Å². The number of fused-ring (bicyclic) bond motifs is 1. The van der Waals surface area contributed by atoms with Crippen LogP contribution in [0, 0.1) is 11.3 Å². The smallest absolute Gasteiger partial charge is 0.263 e. The Morgan fingerprint density at radius 1 is 1.26 bits per heavy atom. The molecule has 5 heteroatoms. The zero-order valence-electron chi connectivity index (χ0n) is 15.8. The van der Waals surface area contributed by atoms with E-state index in [4.69, 9.17) is 10.00 Å². The van der Waals surface area contributed by atoms with E-state index in [-0.39, 0.29) is 11.9 Å². The maximum Gasteiger partial charge on any atom is 0.263 e. The number of nitrogens with zero attached hydrogens (tertiary/aromatic N) is 2. The highest BCUT2D eigenvalue weighted by molar-refractivity contribution is 5.83. The fourth-order valence-electron chi connectivity index (χ4n) is 3.34. The van der Waals surface area contributed by atoms with Crippen molar-refractivity contribution in [2.24, 2.45) is 0 Å². The average molecular weight is 363 g/mol. The minimum atomic E-state index is -0.556. The van der Waals surface area contributed by atoms with E-state index >= 15 is 0 Å². The number of carbonyl (C=O) groups is 1. The number of benzene rings is 2. The van der Waals surface area contributed by atoms with Crippen LogP contribution < -0.4 is 15.0 Å². The first-order chi connectivity index (χ1) is 13.1. The van der Waals surface area contributed by atoms with Gasteiger partial charge in [-0.15, -0.1) is 0 Å². The van der Waals surface area contributed by atoms with E-state index in [9.17, 15) is 4.79 Å². The topological polar surface area (TPSA) is 65.4 Å². The molecule has 1 aliphatic heterocycles. The zero-order chi connectivity index (χ0) is 19.2. The number of nitriles is 1. The fraction of sp³-hybridized carbons (Fsp3) is 0.364. The predicted octanol–water partition coefficient (Wildman–Crippen LogP) is 3.63. The summed E-state index contributed by atoms with van der Waals surface area (Å²) in [4.78, 5) is 14.9. The maximum atomic E-state index is 12.7. The molecule has 140 valence electrons. The number of anilines is 1. The van der Waals surface area contributed by atoms with Gasteiger partial charge < -0.3 is 15.0 Å². The van der Waals surface area contributed by atoms with Gasteiger partial charge in [0, 0.05) is 12.6 Å². The Bertz CT molecular complexity index is 839. The van der Waals surface area contributed by atoms with Crippen LogP contribution in [0.5, 0.6) is 5.75 Å². The van der Waals surface area contributed by atoms with Gasteiger partial charge in [-0.2, -0.15) is 5.26 Å². The van der Waals surface area contributed by atoms with Crippen LogP contribution in [-0.4, -0.2) is 24.6 Å². The monoisotopic (exact) mass is 363 g/mol. The molecule has 1 heterocycles. The third-order valence-corrected chi connectivity index (χ3v) is 4.92. The molecule has 0 spiro atoms. The normalized spacial score (nSPS) is 15.6. The minimum absolute atomic E-state index is 0.0750. The molecule has 1 amide bonds. The Morgan fingerprint density at radius 3 is 2.78 bits per heavy atom. The molecule has 0 saturated heterocycles. The predicted molar refractivity (Wildman–Crippen MR) is 106 cm³/mol. The summed E-state index contributed by atoms with van der Waals surface area (Å²) in [5.74, 6) is 0.638. The Balaban J connectivity index is 1.82. The second-order valence-electron chi connectivity index (χ2n) is 6.79. The number of para-hydroxylation sites is 2. The van der Waals surface area contributed by atoms with E-state index in [2.05, 4.69) is 30.1 Å². The molecule has 2 aromatic carbocycles. The largest absolute Gasteiger partial charge is 0.477 e. The van der Waals surface area contributed by atoms with E-state index < -0.39 is 6.10 Å². The van der Waals surface area contributed by atoms with Gasteiger partial charge in [0.05, 0.1) is 23.9 Å². The number of hydrogen-bond acceptors (Lipinski definition) is 4. The van der Waals surface area contributed by atoms with Gasteiger partial charge in [0.1, 0.15) is 5.75 Å². The lowest BCUT2D eigenvalue weighted by Crippen LogP contribution is -2.50. The first-order valence-electron chi connectivity index (χ1n) is 9.44. The molecule has 0 aliphatic carbocycles. The number of hydrogen-bond donors (Lipinski definition) is 1. The Morgan fingerprint density at radius 2 is 2.04 bits per heavy atom. The molecule has 27 heavy (non-hydrogen) atoms. The standard InChI is InChI=1S/C22H25N3O2/c1-3-18(4-2)24-22(26)21-15-25(19-10-5-6-11-20(19)27-21)14-17-9-7-8-16(12-17)13-23/h5-12,18,21H,3-4,14-15H2,1-2H3,(H,24,26). The summed E-state index contributed by atoms with van der Waals surface area (Å²) in [7, 11) is 0. The first kappa shape index (κ1) is 18.8. The summed E-state index contributed by atoms with van der Waals surface area (Å²) in [6, 6.07) is 17.7. The zero-order valence-corrected chi connectivity index (χ0v) is 15.8. The summed E-state index contributed by atoms with van der Waals surface area (Å²) in [6.07, 6.45) is 1.24. The van der Waals surface area contributed by atoms with Crippen LogP contribution in [0.4, 0.5) is 5.69 Å². The molecular formula is C22H25N3O2. The lowest BCUT2D eigenvalue weighted by molar-refractivity contribution is -0.128. The van der Waals surface area contributed by atoms with Crippen LogP contribution in [-0.2, 0) is 11.3 Å². The maximum absolute atomic E-state index is 12.7. The third kappa shape index (κ3) is 4.40. The molecule has 3 rings (SSSR count). The fourth-order valence-corrected chi connectivity index (χ4v) is 3.34. The van der Waals surface area contributed by atoms with Crippen LogP contribution in [0.15, 0.2) is 48.5 Å². The summed E-state index contributed by atoms with van der Waals surface area (Å²) < 4.78 is 5.99. The van der Waals surface area contributed by atoms with Crippen molar-refractivity contribution in [3.8, 4) is 11.8 Å². The van der Waals surface area contributed by atoms with Crippen molar-refractivity contribution in [1.82, 2.24) is 5.32 Å². The van der Waals surface area contributed by atoms with Gasteiger partial charge in [0.25, 0.3) is 5.91 Å². The second-order valence-corrected chi connectivity index (χ2v) is 6.79. The Labute approximate surface area is 160 Å². The van der Waals surface area contributed by atoms with Crippen LogP contribution in [0.2, 0.25) is 0 Å². The molecule has 1 N–H and O–H groups in total.